The third kappa shape index (κ3) is 17.1. The first-order valence-electron chi connectivity index (χ1n) is 6.92. The van der Waals surface area contributed by atoms with Gasteiger partial charge in [0.15, 0.2) is 0 Å². The van der Waals surface area contributed by atoms with Crippen LogP contribution in [0.1, 0.15) is 55.4 Å². The molecular formula is C18H34. The predicted octanol–water partition coefficient (Wildman–Crippen LogP) is 6.89. The fourth-order valence-corrected chi connectivity index (χ4v) is 0.756. The molecule has 0 atom stereocenters. The highest BCUT2D eigenvalue weighted by Gasteiger charge is 1.90. The Morgan fingerprint density at radius 1 is 0.667 bits per heavy atom. The topological polar surface area (TPSA) is 0 Å². The lowest BCUT2D eigenvalue weighted by Crippen LogP contribution is -1.79. The zero-order valence-electron chi connectivity index (χ0n) is 13.9. The molecule has 0 radical (unpaired) electrons. The van der Waals surface area contributed by atoms with E-state index in [1.807, 2.05) is 79.7 Å². The van der Waals surface area contributed by atoms with Gasteiger partial charge < -0.3 is 0 Å². The van der Waals surface area contributed by atoms with E-state index in [0.29, 0.717) is 0 Å². The van der Waals surface area contributed by atoms with E-state index in [0.717, 1.165) is 16.7 Å². The van der Waals surface area contributed by atoms with Crippen LogP contribution in [-0.2, 0) is 0 Å². The molecule has 18 heavy (non-hydrogen) atoms. The van der Waals surface area contributed by atoms with Gasteiger partial charge in [-0.05, 0) is 25.0 Å². The molecule has 0 aliphatic heterocycles. The van der Waals surface area contributed by atoms with Crippen molar-refractivity contribution in [3.8, 4) is 0 Å². The maximum atomic E-state index is 3.73. The van der Waals surface area contributed by atoms with Gasteiger partial charge in [0.05, 0.1) is 0 Å². The standard InChI is InChI=1S/C12H16.3C2H6/c1-6-10(4)9-12(8-3)11(5)7-2;3*1-2/h6-9H,1-3H2,4-5H3;3*1-2H3/b10-9-,12-11+;;;. The van der Waals surface area contributed by atoms with Gasteiger partial charge in [-0.1, -0.05) is 91.2 Å². The molecule has 0 aromatic rings. The van der Waals surface area contributed by atoms with E-state index in [9.17, 15) is 0 Å². The molecule has 0 aliphatic rings. The average Bonchev–Trinajstić information content (AvgIpc) is 2.49. The Morgan fingerprint density at radius 3 is 1.28 bits per heavy atom. The van der Waals surface area contributed by atoms with Crippen molar-refractivity contribution in [2.24, 2.45) is 0 Å². The van der Waals surface area contributed by atoms with Crippen LogP contribution in [0.3, 0.4) is 0 Å². The highest BCUT2D eigenvalue weighted by molar-refractivity contribution is 5.41. The Hall–Kier alpha value is -1.30. The molecule has 0 bridgehead atoms. The van der Waals surface area contributed by atoms with Gasteiger partial charge in [-0.3, -0.25) is 0 Å². The van der Waals surface area contributed by atoms with Gasteiger partial charge in [0.2, 0.25) is 0 Å². The van der Waals surface area contributed by atoms with Crippen molar-refractivity contribution < 1.29 is 0 Å². The zero-order chi connectivity index (χ0) is 15.6. The third-order valence-electron chi connectivity index (χ3n) is 1.69. The van der Waals surface area contributed by atoms with Crippen molar-refractivity contribution in [1.29, 1.82) is 0 Å². The Morgan fingerprint density at radius 2 is 1.06 bits per heavy atom. The number of allylic oxidation sites excluding steroid dienone is 7. The number of hydrogen-bond donors (Lipinski definition) is 0. The van der Waals surface area contributed by atoms with Gasteiger partial charge in [0.25, 0.3) is 0 Å². The summed E-state index contributed by atoms with van der Waals surface area (Å²) in [5.74, 6) is 0. The summed E-state index contributed by atoms with van der Waals surface area (Å²) in [6, 6.07) is 0. The smallest absolute Gasteiger partial charge is 0.0231 e. The molecule has 0 aromatic carbocycles. The fraction of sp³-hybridized carbons (Fsp3) is 0.444. The van der Waals surface area contributed by atoms with E-state index in [2.05, 4.69) is 19.7 Å². The normalized spacial score (nSPS) is 9.89. The van der Waals surface area contributed by atoms with Gasteiger partial charge in [0.1, 0.15) is 0 Å². The third-order valence-corrected chi connectivity index (χ3v) is 1.69. The van der Waals surface area contributed by atoms with Gasteiger partial charge in [-0.25, -0.2) is 0 Å². The van der Waals surface area contributed by atoms with E-state index < -0.39 is 0 Å². The lowest BCUT2D eigenvalue weighted by molar-refractivity contribution is 1.42. The molecule has 0 N–H and O–H groups in total. The van der Waals surface area contributed by atoms with Crippen LogP contribution < -0.4 is 0 Å². The lowest BCUT2D eigenvalue weighted by atomic mass is 10.1. The van der Waals surface area contributed by atoms with Crippen molar-refractivity contribution in [2.75, 3.05) is 0 Å². The second kappa shape index (κ2) is 24.8. The highest BCUT2D eigenvalue weighted by atomic mass is 14.0. The van der Waals surface area contributed by atoms with Crippen molar-refractivity contribution in [3.05, 3.63) is 60.8 Å². The summed E-state index contributed by atoms with van der Waals surface area (Å²) >= 11 is 0. The van der Waals surface area contributed by atoms with E-state index in [1.165, 1.54) is 0 Å². The molecule has 0 spiro atoms. The van der Waals surface area contributed by atoms with Gasteiger partial charge >= 0.3 is 0 Å². The molecule has 0 heteroatoms. The quantitative estimate of drug-likeness (QED) is 0.477. The second-order valence-corrected chi connectivity index (χ2v) is 2.64. The molecular weight excluding hydrogens is 216 g/mol. The first-order chi connectivity index (χ1) is 8.65. The summed E-state index contributed by atoms with van der Waals surface area (Å²) < 4.78 is 0. The SMILES string of the molecule is C=C/C(C)=C\C(C=C)=C(/C)C=C.CC.CC.CC. The van der Waals surface area contributed by atoms with Crippen LogP contribution >= 0.6 is 0 Å². The number of hydrogen-bond acceptors (Lipinski definition) is 0. The maximum absolute atomic E-state index is 3.73. The van der Waals surface area contributed by atoms with E-state index in [1.54, 1.807) is 0 Å². The van der Waals surface area contributed by atoms with Crippen LogP contribution in [0, 0.1) is 0 Å². The van der Waals surface area contributed by atoms with Crippen molar-refractivity contribution in [2.45, 2.75) is 55.4 Å². The van der Waals surface area contributed by atoms with Crippen LogP contribution in [0.15, 0.2) is 60.8 Å². The van der Waals surface area contributed by atoms with Crippen LogP contribution in [0.2, 0.25) is 0 Å². The minimum atomic E-state index is 1.10. The summed E-state index contributed by atoms with van der Waals surface area (Å²) in [7, 11) is 0. The minimum absolute atomic E-state index is 1.10. The van der Waals surface area contributed by atoms with E-state index in [-0.39, 0.29) is 0 Å². The van der Waals surface area contributed by atoms with Crippen LogP contribution in [0.25, 0.3) is 0 Å². The predicted molar refractivity (Wildman–Crippen MR) is 91.1 cm³/mol. The molecule has 0 aliphatic carbocycles. The molecule has 0 aromatic heterocycles. The molecule has 0 saturated carbocycles. The summed E-state index contributed by atoms with van der Waals surface area (Å²) in [4.78, 5) is 0. The average molecular weight is 250 g/mol. The Bertz CT molecular complexity index is 249. The second-order valence-electron chi connectivity index (χ2n) is 2.64. The van der Waals surface area contributed by atoms with Gasteiger partial charge in [-0.15, -0.1) is 0 Å². The van der Waals surface area contributed by atoms with Gasteiger partial charge in [-0.2, -0.15) is 0 Å². The molecule has 106 valence electrons. The molecule has 0 fully saturated rings. The highest BCUT2D eigenvalue weighted by Crippen LogP contribution is 2.10. The molecule has 0 saturated heterocycles. The van der Waals surface area contributed by atoms with Crippen molar-refractivity contribution in [1.82, 2.24) is 0 Å². The zero-order valence-corrected chi connectivity index (χ0v) is 13.9. The fourth-order valence-electron chi connectivity index (χ4n) is 0.756. The van der Waals surface area contributed by atoms with Crippen molar-refractivity contribution >= 4 is 0 Å². The first-order valence-corrected chi connectivity index (χ1v) is 6.92. The van der Waals surface area contributed by atoms with Crippen LogP contribution in [0.5, 0.6) is 0 Å². The summed E-state index contributed by atoms with van der Waals surface area (Å²) in [6.07, 6.45) is 7.50. The molecule has 0 amide bonds. The van der Waals surface area contributed by atoms with E-state index in [4.69, 9.17) is 0 Å². The molecule has 0 rings (SSSR count). The lowest BCUT2D eigenvalue weighted by Gasteiger charge is -1.99. The van der Waals surface area contributed by atoms with E-state index >= 15 is 0 Å². The van der Waals surface area contributed by atoms with Gasteiger partial charge in [0, 0.05) is 0 Å². The van der Waals surface area contributed by atoms with Crippen LogP contribution in [-0.4, -0.2) is 0 Å². The summed E-state index contributed by atoms with van der Waals surface area (Å²) in [5.41, 5.74) is 3.36. The molecule has 0 nitrogen and oxygen atoms in total. The summed E-state index contributed by atoms with van der Waals surface area (Å²) in [5, 5.41) is 0. The minimum Gasteiger partial charge on any atom is -0.0988 e. The molecule has 0 heterocycles. The largest absolute Gasteiger partial charge is 0.0988 e. The number of rotatable bonds is 4. The Balaban J connectivity index is -0.000000141. The summed E-state index contributed by atoms with van der Waals surface area (Å²) in [6.45, 7) is 27.1. The first kappa shape index (κ1) is 25.5. The maximum Gasteiger partial charge on any atom is -0.0231 e. The Kier molecular flexibility index (Phi) is 35.1. The molecule has 0 unspecified atom stereocenters. The monoisotopic (exact) mass is 250 g/mol. The Labute approximate surface area is 117 Å². The van der Waals surface area contributed by atoms with Crippen LogP contribution in [0.4, 0.5) is 0 Å². The van der Waals surface area contributed by atoms with Crippen molar-refractivity contribution in [3.63, 3.8) is 0 Å².